The highest BCUT2D eigenvalue weighted by Crippen LogP contribution is 2.67. The standard InChI is InChI=1S/C11H15FN2O5/c1-4(13)7(15)14-10(8(16)17)3-2-5-6(10)11(5,12)9(18)19/h4-6H,2-3,13H2,1H3,(H,14,15)(H,16,17)(H,18,19)/t4-,5+,6+,10-,11+/m0/s1. The van der Waals surface area contributed by atoms with Gasteiger partial charge in [-0.25, -0.2) is 14.0 Å². The molecule has 0 spiro atoms. The van der Waals surface area contributed by atoms with E-state index in [1.54, 1.807) is 0 Å². The lowest BCUT2D eigenvalue weighted by molar-refractivity contribution is -0.153. The maximum absolute atomic E-state index is 14.2. The van der Waals surface area contributed by atoms with Crippen LogP contribution in [0.15, 0.2) is 0 Å². The summed E-state index contributed by atoms with van der Waals surface area (Å²) in [6, 6.07) is -0.951. The minimum Gasteiger partial charge on any atom is -0.479 e. The number of nitrogens with one attached hydrogen (secondary N) is 1. The van der Waals surface area contributed by atoms with Crippen LogP contribution in [0.5, 0.6) is 0 Å². The van der Waals surface area contributed by atoms with Crippen LogP contribution in [0.2, 0.25) is 0 Å². The molecule has 1 amide bonds. The molecular weight excluding hydrogens is 259 g/mol. The van der Waals surface area contributed by atoms with Gasteiger partial charge in [0.05, 0.1) is 6.04 Å². The zero-order valence-corrected chi connectivity index (χ0v) is 10.2. The number of carboxylic acids is 2. The molecule has 106 valence electrons. The highest BCUT2D eigenvalue weighted by atomic mass is 19.1. The molecular formula is C11H15FN2O5. The van der Waals surface area contributed by atoms with E-state index < -0.39 is 46.9 Å². The fourth-order valence-electron chi connectivity index (χ4n) is 3.10. The second-order valence-electron chi connectivity index (χ2n) is 5.25. The van der Waals surface area contributed by atoms with Crippen molar-refractivity contribution in [2.24, 2.45) is 17.6 Å². The Morgan fingerprint density at radius 1 is 1.37 bits per heavy atom. The first kappa shape index (κ1) is 13.7. The van der Waals surface area contributed by atoms with E-state index in [1.807, 2.05) is 0 Å². The van der Waals surface area contributed by atoms with E-state index in [2.05, 4.69) is 5.32 Å². The lowest BCUT2D eigenvalue weighted by Gasteiger charge is -2.30. The quantitative estimate of drug-likeness (QED) is 0.526. The number of alkyl halides is 1. The van der Waals surface area contributed by atoms with Crippen molar-refractivity contribution in [1.29, 1.82) is 0 Å². The Morgan fingerprint density at radius 3 is 2.32 bits per heavy atom. The van der Waals surface area contributed by atoms with Crippen molar-refractivity contribution in [1.82, 2.24) is 5.32 Å². The Bertz CT molecular complexity index is 468. The van der Waals surface area contributed by atoms with Crippen LogP contribution in [0.4, 0.5) is 4.39 Å². The molecule has 8 heteroatoms. The summed E-state index contributed by atoms with van der Waals surface area (Å²) in [6.07, 6.45) is 0.119. The van der Waals surface area contributed by atoms with E-state index in [0.29, 0.717) is 0 Å². The van der Waals surface area contributed by atoms with Gasteiger partial charge in [0.15, 0.2) is 0 Å². The van der Waals surface area contributed by atoms with Gasteiger partial charge >= 0.3 is 11.9 Å². The van der Waals surface area contributed by atoms with E-state index in [0.717, 1.165) is 0 Å². The van der Waals surface area contributed by atoms with Gasteiger partial charge in [0.25, 0.3) is 0 Å². The van der Waals surface area contributed by atoms with Gasteiger partial charge in [-0.2, -0.15) is 0 Å². The minimum absolute atomic E-state index is 0.00900. The fourth-order valence-corrected chi connectivity index (χ4v) is 3.10. The van der Waals surface area contributed by atoms with Crippen molar-refractivity contribution in [2.45, 2.75) is 37.0 Å². The monoisotopic (exact) mass is 274 g/mol. The lowest BCUT2D eigenvalue weighted by atomic mass is 9.89. The van der Waals surface area contributed by atoms with Crippen LogP contribution >= 0.6 is 0 Å². The van der Waals surface area contributed by atoms with Crippen LogP contribution in [0.1, 0.15) is 19.8 Å². The first-order chi connectivity index (χ1) is 8.68. The molecule has 0 bridgehead atoms. The number of carboxylic acid groups (broad SMARTS) is 2. The third kappa shape index (κ3) is 1.62. The molecule has 0 aromatic rings. The summed E-state index contributed by atoms with van der Waals surface area (Å²) in [4.78, 5) is 33.9. The van der Waals surface area contributed by atoms with Gasteiger partial charge in [-0.1, -0.05) is 0 Å². The number of hydrogen-bond donors (Lipinski definition) is 4. The van der Waals surface area contributed by atoms with Crippen molar-refractivity contribution in [3.63, 3.8) is 0 Å². The molecule has 0 aliphatic heterocycles. The largest absolute Gasteiger partial charge is 0.479 e. The summed E-state index contributed by atoms with van der Waals surface area (Å²) in [5.41, 5.74) is 0.904. The molecule has 0 unspecified atom stereocenters. The number of fused-ring (bicyclic) bond motifs is 1. The molecule has 2 aliphatic rings. The van der Waals surface area contributed by atoms with E-state index >= 15 is 0 Å². The van der Waals surface area contributed by atoms with E-state index in [-0.39, 0.29) is 12.8 Å². The SMILES string of the molecule is C[C@H](N)C(=O)N[C@@]1(C(=O)O)CC[C@@H]2[C@H]1[C@@]2(F)C(=O)O. The maximum atomic E-state index is 14.2. The second-order valence-corrected chi connectivity index (χ2v) is 5.25. The Kier molecular flexibility index (Phi) is 2.81. The van der Waals surface area contributed by atoms with Gasteiger partial charge in [0, 0.05) is 11.8 Å². The predicted octanol–water partition coefficient (Wildman–Crippen LogP) is -0.894. The molecule has 2 rings (SSSR count). The first-order valence-electron chi connectivity index (χ1n) is 5.91. The highest BCUT2D eigenvalue weighted by molar-refractivity contribution is 5.94. The number of hydrogen-bond acceptors (Lipinski definition) is 4. The Balaban J connectivity index is 2.31. The summed E-state index contributed by atoms with van der Waals surface area (Å²) in [5.74, 6) is -5.94. The van der Waals surface area contributed by atoms with Gasteiger partial charge in [-0.3, -0.25) is 4.79 Å². The predicted molar refractivity (Wildman–Crippen MR) is 59.8 cm³/mol. The van der Waals surface area contributed by atoms with E-state index in [9.17, 15) is 23.9 Å². The summed E-state index contributed by atoms with van der Waals surface area (Å²) in [5, 5.41) is 20.4. The Labute approximate surface area is 108 Å². The third-order valence-electron chi connectivity index (χ3n) is 4.14. The Hall–Kier alpha value is -1.70. The number of nitrogens with two attached hydrogens (primary N) is 1. The average Bonchev–Trinajstić information content (AvgIpc) is 2.73. The van der Waals surface area contributed by atoms with Crippen molar-refractivity contribution in [3.05, 3.63) is 0 Å². The smallest absolute Gasteiger partial charge is 0.342 e. The van der Waals surface area contributed by atoms with Gasteiger partial charge in [0.1, 0.15) is 5.54 Å². The zero-order chi connectivity index (χ0) is 14.6. The van der Waals surface area contributed by atoms with Crippen LogP contribution in [0, 0.1) is 11.8 Å². The first-order valence-corrected chi connectivity index (χ1v) is 5.91. The second kappa shape index (κ2) is 3.89. The molecule has 7 nitrogen and oxygen atoms in total. The summed E-state index contributed by atoms with van der Waals surface area (Å²) < 4.78 is 14.2. The van der Waals surface area contributed by atoms with Gasteiger partial charge < -0.3 is 21.3 Å². The van der Waals surface area contributed by atoms with E-state index in [1.165, 1.54) is 6.92 Å². The number of carbonyl (C=O) groups excluding carboxylic acids is 1. The third-order valence-corrected chi connectivity index (χ3v) is 4.14. The minimum atomic E-state index is -2.57. The molecule has 19 heavy (non-hydrogen) atoms. The van der Waals surface area contributed by atoms with Crippen LogP contribution in [-0.4, -0.2) is 45.3 Å². The van der Waals surface area contributed by atoms with E-state index in [4.69, 9.17) is 10.8 Å². The van der Waals surface area contributed by atoms with Gasteiger partial charge in [0.2, 0.25) is 11.6 Å². The molecule has 2 fully saturated rings. The fraction of sp³-hybridized carbons (Fsp3) is 0.727. The summed E-state index contributed by atoms with van der Waals surface area (Å²) in [6.45, 7) is 1.37. The van der Waals surface area contributed by atoms with Crippen molar-refractivity contribution in [2.75, 3.05) is 0 Å². The molecule has 0 aromatic heterocycles. The summed E-state index contributed by atoms with van der Waals surface area (Å²) >= 11 is 0. The topological polar surface area (TPSA) is 130 Å². The molecule has 2 saturated carbocycles. The average molecular weight is 274 g/mol. The van der Waals surface area contributed by atoms with Gasteiger partial charge in [-0.05, 0) is 19.8 Å². The normalized spacial score (nSPS) is 41.2. The highest BCUT2D eigenvalue weighted by Gasteiger charge is 2.83. The maximum Gasteiger partial charge on any atom is 0.342 e. The van der Waals surface area contributed by atoms with Crippen LogP contribution in [0.25, 0.3) is 0 Å². The molecule has 2 aliphatic carbocycles. The zero-order valence-electron chi connectivity index (χ0n) is 10.2. The van der Waals surface area contributed by atoms with Crippen LogP contribution < -0.4 is 11.1 Å². The molecule has 5 atom stereocenters. The Morgan fingerprint density at radius 2 is 1.95 bits per heavy atom. The van der Waals surface area contributed by atoms with Crippen molar-refractivity contribution < 1.29 is 29.0 Å². The number of rotatable bonds is 4. The number of carbonyl (C=O) groups is 3. The molecule has 0 saturated heterocycles. The number of halogens is 1. The van der Waals surface area contributed by atoms with Gasteiger partial charge in [-0.15, -0.1) is 0 Å². The molecule has 0 aromatic carbocycles. The van der Waals surface area contributed by atoms with Crippen molar-refractivity contribution in [3.8, 4) is 0 Å². The molecule has 0 radical (unpaired) electrons. The lowest BCUT2D eigenvalue weighted by Crippen LogP contribution is -2.60. The summed E-state index contributed by atoms with van der Waals surface area (Å²) in [7, 11) is 0. The molecule has 0 heterocycles. The number of amides is 1. The van der Waals surface area contributed by atoms with Crippen molar-refractivity contribution >= 4 is 17.8 Å². The van der Waals surface area contributed by atoms with Crippen LogP contribution in [0.3, 0.4) is 0 Å². The number of aliphatic carboxylic acids is 2. The van der Waals surface area contributed by atoms with Crippen LogP contribution in [-0.2, 0) is 14.4 Å². The molecule has 5 N–H and O–H groups in total.